The molecule has 2 aliphatic rings. The third-order valence-corrected chi connectivity index (χ3v) is 5.98. The standard InChI is InChI=1S/C27H26N2O6/c1-4-15-29-20-14-10-9-13-19(20)27(26(29)32)21(24(30)34-16-18-11-7-6-8-12-18)17(3)35-23(28)22(27)25(31)33-5-2/h4,6-14H,1,5,15-16,28H2,2-3H3/t27-/m0/s1. The average molecular weight is 475 g/mol. The highest BCUT2D eigenvalue weighted by atomic mass is 16.5. The van der Waals surface area contributed by atoms with Gasteiger partial charge in [-0.05, 0) is 25.5 Å². The van der Waals surface area contributed by atoms with E-state index in [1.807, 2.05) is 30.3 Å². The maximum atomic E-state index is 14.2. The van der Waals surface area contributed by atoms with Crippen molar-refractivity contribution in [3.8, 4) is 0 Å². The largest absolute Gasteiger partial charge is 0.462 e. The Balaban J connectivity index is 1.93. The average Bonchev–Trinajstić information content (AvgIpc) is 3.07. The SMILES string of the molecule is C=CCN1C(=O)[C@]2(C(C(=O)OCc3ccccc3)=C(C)OC(N)=C2C(=O)OCC)c2ccccc21. The number of fused-ring (bicyclic) bond motifs is 2. The van der Waals surface area contributed by atoms with Crippen molar-refractivity contribution in [2.75, 3.05) is 18.1 Å². The maximum Gasteiger partial charge on any atom is 0.341 e. The Morgan fingerprint density at radius 3 is 2.40 bits per heavy atom. The van der Waals surface area contributed by atoms with Crippen molar-refractivity contribution in [3.63, 3.8) is 0 Å². The zero-order valence-corrected chi connectivity index (χ0v) is 19.6. The summed E-state index contributed by atoms with van der Waals surface area (Å²) in [6, 6.07) is 16.0. The topological polar surface area (TPSA) is 108 Å². The summed E-state index contributed by atoms with van der Waals surface area (Å²) in [6.45, 7) is 7.05. The van der Waals surface area contributed by atoms with E-state index in [9.17, 15) is 14.4 Å². The lowest BCUT2D eigenvalue weighted by atomic mass is 9.67. The second-order valence-corrected chi connectivity index (χ2v) is 8.03. The summed E-state index contributed by atoms with van der Waals surface area (Å²) in [5.74, 6) is -2.43. The Hall–Kier alpha value is -4.33. The van der Waals surface area contributed by atoms with Crippen molar-refractivity contribution in [1.82, 2.24) is 0 Å². The van der Waals surface area contributed by atoms with Gasteiger partial charge in [0.05, 0.1) is 6.61 Å². The molecule has 0 fully saturated rings. The van der Waals surface area contributed by atoms with Crippen LogP contribution in [0, 0.1) is 0 Å². The van der Waals surface area contributed by atoms with Crippen LogP contribution in [0.5, 0.6) is 0 Å². The van der Waals surface area contributed by atoms with Crippen molar-refractivity contribution >= 4 is 23.5 Å². The van der Waals surface area contributed by atoms with Gasteiger partial charge < -0.3 is 24.8 Å². The predicted molar refractivity (Wildman–Crippen MR) is 129 cm³/mol. The van der Waals surface area contributed by atoms with E-state index in [4.69, 9.17) is 19.9 Å². The van der Waals surface area contributed by atoms with E-state index in [2.05, 4.69) is 6.58 Å². The summed E-state index contributed by atoms with van der Waals surface area (Å²) in [5, 5.41) is 0. The summed E-state index contributed by atoms with van der Waals surface area (Å²) in [6.07, 6.45) is 1.56. The van der Waals surface area contributed by atoms with Gasteiger partial charge in [0.25, 0.3) is 0 Å². The molecule has 0 bridgehead atoms. The highest BCUT2D eigenvalue weighted by molar-refractivity contribution is 6.22. The molecule has 1 amide bonds. The Morgan fingerprint density at radius 2 is 1.71 bits per heavy atom. The van der Waals surface area contributed by atoms with Gasteiger partial charge in [-0.15, -0.1) is 6.58 Å². The zero-order chi connectivity index (χ0) is 25.2. The number of ether oxygens (including phenoxy) is 3. The molecular weight excluding hydrogens is 448 g/mol. The molecular formula is C27H26N2O6. The number of amides is 1. The van der Waals surface area contributed by atoms with E-state index in [0.29, 0.717) is 11.3 Å². The van der Waals surface area contributed by atoms with Crippen molar-refractivity contribution < 1.29 is 28.6 Å². The number of esters is 2. The fourth-order valence-electron chi connectivity index (χ4n) is 4.64. The van der Waals surface area contributed by atoms with Crippen LogP contribution in [0.3, 0.4) is 0 Å². The highest BCUT2D eigenvalue weighted by Crippen LogP contribution is 2.54. The lowest BCUT2D eigenvalue weighted by Gasteiger charge is -2.36. The van der Waals surface area contributed by atoms with E-state index < -0.39 is 23.3 Å². The van der Waals surface area contributed by atoms with Crippen LogP contribution in [0.2, 0.25) is 0 Å². The van der Waals surface area contributed by atoms with Crippen LogP contribution < -0.4 is 10.6 Å². The molecule has 0 aromatic heterocycles. The minimum Gasteiger partial charge on any atom is -0.462 e. The van der Waals surface area contributed by atoms with Crippen LogP contribution in [0.4, 0.5) is 5.69 Å². The van der Waals surface area contributed by atoms with Gasteiger partial charge >= 0.3 is 11.9 Å². The van der Waals surface area contributed by atoms with Crippen molar-refractivity contribution in [1.29, 1.82) is 0 Å². The molecule has 35 heavy (non-hydrogen) atoms. The Bertz CT molecular complexity index is 1260. The molecule has 2 aromatic rings. The number of anilines is 1. The fourth-order valence-corrected chi connectivity index (χ4v) is 4.64. The summed E-state index contributed by atoms with van der Waals surface area (Å²) in [4.78, 5) is 42.5. The van der Waals surface area contributed by atoms with Crippen molar-refractivity contribution in [2.45, 2.75) is 25.9 Å². The minimum absolute atomic E-state index is 0.0350. The first-order valence-electron chi connectivity index (χ1n) is 11.2. The number of benzene rings is 2. The van der Waals surface area contributed by atoms with Crippen LogP contribution >= 0.6 is 0 Å². The lowest BCUT2D eigenvalue weighted by molar-refractivity contribution is -0.144. The van der Waals surface area contributed by atoms with Crippen molar-refractivity contribution in [3.05, 3.63) is 101 Å². The summed E-state index contributed by atoms with van der Waals surface area (Å²) in [7, 11) is 0. The molecule has 2 aromatic carbocycles. The number of allylic oxidation sites excluding steroid dienone is 1. The third-order valence-electron chi connectivity index (χ3n) is 5.98. The lowest BCUT2D eigenvalue weighted by Crippen LogP contribution is -2.50. The van der Waals surface area contributed by atoms with Crippen LogP contribution in [0.15, 0.2) is 90.0 Å². The molecule has 4 rings (SSSR count). The normalized spacial score (nSPS) is 18.9. The molecule has 0 aliphatic carbocycles. The summed E-state index contributed by atoms with van der Waals surface area (Å²) in [5.41, 5.74) is 5.63. The van der Waals surface area contributed by atoms with Gasteiger partial charge in [-0.1, -0.05) is 54.6 Å². The molecule has 1 spiro atoms. The maximum absolute atomic E-state index is 14.2. The minimum atomic E-state index is -1.90. The van der Waals surface area contributed by atoms with E-state index in [1.54, 1.807) is 37.3 Å². The molecule has 8 heteroatoms. The molecule has 8 nitrogen and oxygen atoms in total. The highest BCUT2D eigenvalue weighted by Gasteiger charge is 2.63. The first-order valence-corrected chi connectivity index (χ1v) is 11.2. The smallest absolute Gasteiger partial charge is 0.341 e. The molecule has 2 heterocycles. The van der Waals surface area contributed by atoms with Crippen LogP contribution in [0.25, 0.3) is 0 Å². The third kappa shape index (κ3) is 3.77. The van der Waals surface area contributed by atoms with Gasteiger partial charge in [-0.2, -0.15) is 0 Å². The number of hydrogen-bond acceptors (Lipinski definition) is 7. The first kappa shape index (κ1) is 23.8. The van der Waals surface area contributed by atoms with E-state index >= 15 is 0 Å². The fraction of sp³-hybridized carbons (Fsp3) is 0.222. The van der Waals surface area contributed by atoms with E-state index in [0.717, 1.165) is 5.56 Å². The molecule has 180 valence electrons. The number of nitrogens with zero attached hydrogens (tertiary/aromatic N) is 1. The molecule has 1 atom stereocenters. The number of hydrogen-bond donors (Lipinski definition) is 1. The van der Waals surface area contributed by atoms with Crippen LogP contribution in [-0.2, 0) is 40.6 Å². The summed E-state index contributed by atoms with van der Waals surface area (Å²) < 4.78 is 16.5. The molecule has 2 aliphatic heterocycles. The number of carbonyl (C=O) groups excluding carboxylic acids is 3. The second kappa shape index (κ2) is 9.50. The van der Waals surface area contributed by atoms with Crippen LogP contribution in [0.1, 0.15) is 25.0 Å². The molecule has 0 saturated heterocycles. The van der Waals surface area contributed by atoms with Gasteiger partial charge in [0.2, 0.25) is 11.8 Å². The molecule has 0 unspecified atom stereocenters. The Kier molecular flexibility index (Phi) is 6.46. The van der Waals surface area contributed by atoms with E-state index in [1.165, 1.54) is 11.8 Å². The molecule has 2 N–H and O–H groups in total. The first-order chi connectivity index (χ1) is 16.9. The van der Waals surface area contributed by atoms with Gasteiger partial charge in [-0.3, -0.25) is 4.79 Å². The summed E-state index contributed by atoms with van der Waals surface area (Å²) >= 11 is 0. The number of rotatable bonds is 7. The Morgan fingerprint density at radius 1 is 1.06 bits per heavy atom. The van der Waals surface area contributed by atoms with Gasteiger partial charge in [0.1, 0.15) is 28.9 Å². The zero-order valence-electron chi connectivity index (χ0n) is 19.6. The predicted octanol–water partition coefficient (Wildman–Crippen LogP) is 3.24. The molecule has 0 radical (unpaired) electrons. The monoisotopic (exact) mass is 474 g/mol. The van der Waals surface area contributed by atoms with Gasteiger partial charge in [0.15, 0.2) is 0 Å². The molecule has 0 saturated carbocycles. The van der Waals surface area contributed by atoms with E-state index in [-0.39, 0.29) is 42.5 Å². The number of nitrogens with two attached hydrogens (primary N) is 1. The van der Waals surface area contributed by atoms with Gasteiger partial charge in [0, 0.05) is 17.8 Å². The Labute approximate surface area is 203 Å². The number of para-hydroxylation sites is 1. The second-order valence-electron chi connectivity index (χ2n) is 8.03. The van der Waals surface area contributed by atoms with Crippen molar-refractivity contribution in [2.24, 2.45) is 5.73 Å². The number of carbonyl (C=O) groups is 3. The quantitative estimate of drug-likeness (QED) is 0.485. The van der Waals surface area contributed by atoms with Gasteiger partial charge in [-0.25, -0.2) is 9.59 Å². The van der Waals surface area contributed by atoms with Crippen LogP contribution in [-0.4, -0.2) is 31.0 Å².